The molecule has 2 fully saturated rings. The molecule has 2 aromatic rings. The molecule has 0 spiro atoms. The van der Waals surface area contributed by atoms with Crippen molar-refractivity contribution in [3.8, 4) is 0 Å². The molecule has 1 aromatic carbocycles. The Morgan fingerprint density at radius 2 is 1.90 bits per heavy atom. The van der Waals surface area contributed by atoms with Gasteiger partial charge in [0.2, 0.25) is 0 Å². The van der Waals surface area contributed by atoms with E-state index in [-0.39, 0.29) is 10.8 Å². The van der Waals surface area contributed by atoms with E-state index in [1.54, 1.807) is 13.0 Å². The van der Waals surface area contributed by atoms with Crippen molar-refractivity contribution in [3.05, 3.63) is 28.6 Å². The number of halogens is 1. The summed E-state index contributed by atoms with van der Waals surface area (Å²) in [5.41, 5.74) is 1.15. The number of hydrogen-bond acceptors (Lipinski definition) is 10. The molecular weight excluding hydrogens is 422 g/mol. The Bertz CT molecular complexity index is 992. The molecule has 1 aliphatic carbocycles. The van der Waals surface area contributed by atoms with Gasteiger partial charge in [0, 0.05) is 18.4 Å². The second-order valence-electron chi connectivity index (χ2n) is 7.52. The maximum Gasteiger partial charge on any atom is 0.309 e. The second kappa shape index (κ2) is 7.88. The maximum absolute atomic E-state index is 12.7. The van der Waals surface area contributed by atoms with Crippen LogP contribution >= 0.6 is 11.6 Å². The van der Waals surface area contributed by atoms with Crippen molar-refractivity contribution < 1.29 is 43.9 Å². The SMILES string of the molecule is Cc1nc2cc(C(=O)[C@H]3C[C@@H]3C(=O)OCC3OC(O)[C@H](O)[C@@H](O)[C@@H]3O)cc(Cl)c2o1. The molecule has 0 bridgehead atoms. The minimum atomic E-state index is -1.72. The number of aliphatic hydroxyl groups excluding tert-OH is 4. The number of carbonyl (C=O) groups is 2. The molecule has 11 heteroatoms. The standard InChI is InChI=1S/C19H20ClNO9/c1-6-21-11-3-7(2-10(20)17(11)29-6)13(22)8-4-9(8)18(26)28-5-12-14(23)15(24)16(25)19(27)30-12/h2-3,8-9,12,14-16,19,23-25,27H,4-5H2,1H3/t8-,9-,12?,14+,15-,16+,19?/m0/s1. The van der Waals surface area contributed by atoms with Crippen LogP contribution in [0.25, 0.3) is 11.1 Å². The minimum Gasteiger partial charge on any atom is -0.463 e. The molecule has 1 aromatic heterocycles. The number of aliphatic hydroxyl groups is 4. The van der Waals surface area contributed by atoms with Crippen LogP contribution in [-0.2, 0) is 14.3 Å². The number of benzene rings is 1. The highest BCUT2D eigenvalue weighted by Gasteiger charge is 2.50. The fraction of sp³-hybridized carbons (Fsp3) is 0.526. The Labute approximate surface area is 175 Å². The highest BCUT2D eigenvalue weighted by Crippen LogP contribution is 2.43. The number of carbonyl (C=O) groups excluding carboxylic acids is 2. The van der Waals surface area contributed by atoms with Crippen molar-refractivity contribution in [1.82, 2.24) is 4.98 Å². The number of ketones is 1. The van der Waals surface area contributed by atoms with E-state index in [0.717, 1.165) is 0 Å². The quantitative estimate of drug-likeness (QED) is 0.366. The predicted molar refractivity (Wildman–Crippen MR) is 99.5 cm³/mol. The topological polar surface area (TPSA) is 160 Å². The summed E-state index contributed by atoms with van der Waals surface area (Å²) in [5.74, 6) is -1.76. The molecule has 162 valence electrons. The summed E-state index contributed by atoms with van der Waals surface area (Å²) in [6.07, 6.45) is -7.51. The smallest absolute Gasteiger partial charge is 0.309 e. The Hall–Kier alpha value is -2.08. The van der Waals surface area contributed by atoms with Crippen molar-refractivity contribution in [2.45, 2.75) is 44.1 Å². The van der Waals surface area contributed by atoms with E-state index in [2.05, 4.69) is 4.98 Å². The largest absolute Gasteiger partial charge is 0.463 e. The normalized spacial score (nSPS) is 33.5. The number of oxazole rings is 1. The Kier molecular flexibility index (Phi) is 5.56. The van der Waals surface area contributed by atoms with Crippen molar-refractivity contribution in [2.24, 2.45) is 11.8 Å². The van der Waals surface area contributed by atoms with Crippen LogP contribution < -0.4 is 0 Å². The summed E-state index contributed by atoms with van der Waals surface area (Å²) in [6, 6.07) is 3.03. The summed E-state index contributed by atoms with van der Waals surface area (Å²) in [6.45, 7) is 1.21. The molecule has 30 heavy (non-hydrogen) atoms. The van der Waals surface area contributed by atoms with Crippen LogP contribution in [0.3, 0.4) is 0 Å². The lowest BCUT2D eigenvalue weighted by molar-refractivity contribution is -0.287. The van der Waals surface area contributed by atoms with Crippen molar-refractivity contribution in [3.63, 3.8) is 0 Å². The van der Waals surface area contributed by atoms with Gasteiger partial charge < -0.3 is 34.3 Å². The van der Waals surface area contributed by atoms with Gasteiger partial charge >= 0.3 is 5.97 Å². The van der Waals surface area contributed by atoms with Crippen LogP contribution in [0.4, 0.5) is 0 Å². The van der Waals surface area contributed by atoms with Crippen LogP contribution in [0.1, 0.15) is 22.7 Å². The Balaban J connectivity index is 1.36. The molecule has 2 aliphatic rings. The fourth-order valence-electron chi connectivity index (χ4n) is 3.54. The average Bonchev–Trinajstić information content (AvgIpc) is 3.42. The Morgan fingerprint density at radius 1 is 1.17 bits per heavy atom. The zero-order valence-electron chi connectivity index (χ0n) is 15.8. The first-order valence-corrected chi connectivity index (χ1v) is 9.70. The molecule has 0 amide bonds. The van der Waals surface area contributed by atoms with E-state index in [0.29, 0.717) is 29.0 Å². The number of aryl methyl sites for hydroxylation is 1. The third kappa shape index (κ3) is 3.82. The summed E-state index contributed by atoms with van der Waals surface area (Å²) >= 11 is 6.15. The van der Waals surface area contributed by atoms with Crippen molar-refractivity contribution in [1.29, 1.82) is 0 Å². The number of Topliss-reactive ketones (excluding diaryl/α,β-unsaturated/α-hetero) is 1. The van der Waals surface area contributed by atoms with Gasteiger partial charge in [-0.15, -0.1) is 0 Å². The first-order valence-electron chi connectivity index (χ1n) is 9.32. The van der Waals surface area contributed by atoms with Crippen LogP contribution in [0.2, 0.25) is 5.02 Å². The van der Waals surface area contributed by atoms with E-state index in [1.807, 2.05) is 0 Å². The lowest BCUT2D eigenvalue weighted by Gasteiger charge is -2.37. The highest BCUT2D eigenvalue weighted by atomic mass is 35.5. The van der Waals surface area contributed by atoms with Gasteiger partial charge in [-0.3, -0.25) is 9.59 Å². The number of rotatable bonds is 5. The monoisotopic (exact) mass is 441 g/mol. The van der Waals surface area contributed by atoms with E-state index in [9.17, 15) is 30.0 Å². The van der Waals surface area contributed by atoms with Gasteiger partial charge in [0.15, 0.2) is 23.5 Å². The van der Waals surface area contributed by atoms with E-state index >= 15 is 0 Å². The molecule has 2 heterocycles. The highest BCUT2D eigenvalue weighted by molar-refractivity contribution is 6.35. The molecule has 0 radical (unpaired) electrons. The Morgan fingerprint density at radius 3 is 2.63 bits per heavy atom. The van der Waals surface area contributed by atoms with Gasteiger partial charge in [0.1, 0.15) is 36.5 Å². The number of hydrogen-bond donors (Lipinski definition) is 4. The lowest BCUT2D eigenvalue weighted by Crippen LogP contribution is -2.58. The van der Waals surface area contributed by atoms with Gasteiger partial charge in [-0.2, -0.15) is 0 Å². The van der Waals surface area contributed by atoms with Crippen molar-refractivity contribution >= 4 is 34.5 Å². The number of fused-ring (bicyclic) bond motifs is 1. The van der Waals surface area contributed by atoms with E-state index < -0.39 is 55.1 Å². The molecule has 1 saturated heterocycles. The molecule has 1 saturated carbocycles. The van der Waals surface area contributed by atoms with Gasteiger partial charge in [-0.1, -0.05) is 11.6 Å². The number of nitrogens with zero attached hydrogens (tertiary/aromatic N) is 1. The van der Waals surface area contributed by atoms with E-state index in [4.69, 9.17) is 25.5 Å². The van der Waals surface area contributed by atoms with E-state index in [1.165, 1.54) is 6.07 Å². The molecular formula is C19H20ClNO9. The van der Waals surface area contributed by atoms with Crippen LogP contribution in [0, 0.1) is 18.8 Å². The summed E-state index contributed by atoms with van der Waals surface area (Å²) in [5, 5.41) is 38.8. The van der Waals surface area contributed by atoms with Crippen LogP contribution in [0.5, 0.6) is 0 Å². The zero-order chi connectivity index (χ0) is 21.7. The first kappa shape index (κ1) is 21.2. The van der Waals surface area contributed by atoms with Gasteiger partial charge in [-0.05, 0) is 18.6 Å². The number of ether oxygens (including phenoxy) is 2. The fourth-order valence-corrected chi connectivity index (χ4v) is 3.80. The third-order valence-corrected chi connectivity index (χ3v) is 5.62. The molecule has 2 unspecified atom stereocenters. The summed E-state index contributed by atoms with van der Waals surface area (Å²) in [7, 11) is 0. The molecule has 10 nitrogen and oxygen atoms in total. The third-order valence-electron chi connectivity index (χ3n) is 5.34. The predicted octanol–water partition coefficient (Wildman–Crippen LogP) is -0.0485. The van der Waals surface area contributed by atoms with Gasteiger partial charge in [0.05, 0.1) is 10.9 Å². The minimum absolute atomic E-state index is 0.249. The van der Waals surface area contributed by atoms with Crippen LogP contribution in [0.15, 0.2) is 16.5 Å². The number of esters is 1. The molecule has 4 rings (SSSR count). The lowest BCUT2D eigenvalue weighted by atomic mass is 9.99. The molecule has 4 N–H and O–H groups in total. The zero-order valence-corrected chi connectivity index (χ0v) is 16.5. The number of aromatic nitrogens is 1. The molecule has 7 atom stereocenters. The van der Waals surface area contributed by atoms with Crippen molar-refractivity contribution in [2.75, 3.05) is 6.61 Å². The summed E-state index contributed by atoms with van der Waals surface area (Å²) < 4.78 is 15.4. The average molecular weight is 442 g/mol. The first-order chi connectivity index (χ1) is 14.2. The van der Waals surface area contributed by atoms with Gasteiger partial charge in [-0.25, -0.2) is 4.98 Å². The van der Waals surface area contributed by atoms with Gasteiger partial charge in [0.25, 0.3) is 0 Å². The summed E-state index contributed by atoms with van der Waals surface area (Å²) in [4.78, 5) is 29.2. The van der Waals surface area contributed by atoms with Crippen LogP contribution in [-0.4, -0.2) is 74.5 Å². The second-order valence-corrected chi connectivity index (χ2v) is 7.93. The maximum atomic E-state index is 12.7. The molecule has 1 aliphatic heterocycles.